The van der Waals surface area contributed by atoms with Gasteiger partial charge in [0.1, 0.15) is 18.2 Å². The molecule has 2 aromatic carbocycles. The number of anilines is 1. The minimum Gasteiger partial charge on any atom is -0.493 e. The maximum absolute atomic E-state index is 13.8. The molecular weight excluding hydrogens is 613 g/mol. The largest absolute Gasteiger partial charge is 0.493 e. The highest BCUT2D eigenvalue weighted by atomic mass is 127. The van der Waals surface area contributed by atoms with Gasteiger partial charge in [-0.25, -0.2) is 13.6 Å². The molecule has 1 aliphatic rings. The van der Waals surface area contributed by atoms with E-state index in [0.29, 0.717) is 37.6 Å². The Balaban J connectivity index is 1.73. The van der Waals surface area contributed by atoms with Crippen molar-refractivity contribution in [2.45, 2.75) is 6.92 Å². The van der Waals surface area contributed by atoms with Gasteiger partial charge in [0.25, 0.3) is 11.1 Å². The second-order valence-electron chi connectivity index (χ2n) is 7.07. The zero-order valence-electron chi connectivity index (χ0n) is 18.9. The first kappa shape index (κ1) is 27.4. The standard InChI is InChI=1S/C23H19F2IN2O7S/c1-3-34-20(30)11-35-21-15(26)6-12(7-17(21)33-2)8-18-22(31)28(23(32)36-18)10-19(29)27-16-5-4-13(24)9-14(16)25/h4-9H,3,10-11H2,1-2H3,(H,27,29)/b18-8+. The lowest BCUT2D eigenvalue weighted by atomic mass is 10.2. The Labute approximate surface area is 222 Å². The maximum atomic E-state index is 13.8. The number of benzene rings is 2. The first-order valence-electron chi connectivity index (χ1n) is 10.3. The highest BCUT2D eigenvalue weighted by Gasteiger charge is 2.36. The van der Waals surface area contributed by atoms with E-state index in [1.54, 1.807) is 19.1 Å². The number of ether oxygens (including phenoxy) is 3. The molecule has 1 N–H and O–H groups in total. The lowest BCUT2D eigenvalue weighted by Gasteiger charge is -2.13. The summed E-state index contributed by atoms with van der Waals surface area (Å²) >= 11 is 2.60. The molecular formula is C23H19F2IN2O7S. The van der Waals surface area contributed by atoms with Crippen molar-refractivity contribution in [3.63, 3.8) is 0 Å². The van der Waals surface area contributed by atoms with E-state index >= 15 is 0 Å². The summed E-state index contributed by atoms with van der Waals surface area (Å²) in [5.41, 5.74) is 0.221. The summed E-state index contributed by atoms with van der Waals surface area (Å²) in [6.07, 6.45) is 1.45. The molecule has 0 atom stereocenters. The second kappa shape index (κ2) is 12.2. The van der Waals surface area contributed by atoms with Gasteiger partial charge in [0.05, 0.1) is 27.9 Å². The number of nitrogens with one attached hydrogen (secondary N) is 1. The number of methoxy groups -OCH3 is 1. The SMILES string of the molecule is CCOC(=O)COc1c(I)cc(/C=C2/SC(=O)N(CC(=O)Nc3ccc(F)cc3F)C2=O)cc1OC. The molecule has 1 heterocycles. The van der Waals surface area contributed by atoms with Crippen molar-refractivity contribution < 1.29 is 42.2 Å². The van der Waals surface area contributed by atoms with Crippen LogP contribution in [0.5, 0.6) is 11.5 Å². The smallest absolute Gasteiger partial charge is 0.344 e. The minimum atomic E-state index is -0.990. The van der Waals surface area contributed by atoms with E-state index in [0.717, 1.165) is 12.1 Å². The molecule has 3 amide bonds. The predicted molar refractivity (Wildman–Crippen MR) is 136 cm³/mol. The molecule has 36 heavy (non-hydrogen) atoms. The number of imide groups is 1. The molecule has 1 aliphatic heterocycles. The molecule has 190 valence electrons. The molecule has 1 saturated heterocycles. The molecule has 0 radical (unpaired) electrons. The summed E-state index contributed by atoms with van der Waals surface area (Å²) in [5.74, 6) is -3.29. The van der Waals surface area contributed by atoms with Crippen molar-refractivity contribution in [1.29, 1.82) is 0 Å². The van der Waals surface area contributed by atoms with Crippen LogP contribution in [-0.4, -0.2) is 54.8 Å². The number of thioether (sulfide) groups is 1. The van der Waals surface area contributed by atoms with E-state index in [9.17, 15) is 28.0 Å². The Bertz CT molecular complexity index is 1260. The Morgan fingerprint density at radius 1 is 1.19 bits per heavy atom. The van der Waals surface area contributed by atoms with Crippen molar-refractivity contribution >= 4 is 69.1 Å². The highest BCUT2D eigenvalue weighted by molar-refractivity contribution is 14.1. The number of esters is 1. The van der Waals surface area contributed by atoms with Crippen molar-refractivity contribution in [3.8, 4) is 11.5 Å². The maximum Gasteiger partial charge on any atom is 0.344 e. The van der Waals surface area contributed by atoms with Gasteiger partial charge in [-0.3, -0.25) is 19.3 Å². The summed E-state index contributed by atoms with van der Waals surface area (Å²) in [7, 11) is 1.41. The molecule has 0 aliphatic carbocycles. The number of hydrogen-bond donors (Lipinski definition) is 1. The molecule has 2 aromatic rings. The normalized spacial score (nSPS) is 14.2. The van der Waals surface area contributed by atoms with Crippen molar-refractivity contribution in [1.82, 2.24) is 4.90 Å². The van der Waals surface area contributed by atoms with Crippen LogP contribution in [0.3, 0.4) is 0 Å². The van der Waals surface area contributed by atoms with E-state index in [4.69, 9.17) is 14.2 Å². The molecule has 13 heteroatoms. The van der Waals surface area contributed by atoms with Gasteiger partial charge >= 0.3 is 5.97 Å². The molecule has 0 spiro atoms. The van der Waals surface area contributed by atoms with Crippen LogP contribution in [0.1, 0.15) is 12.5 Å². The monoisotopic (exact) mass is 632 g/mol. The summed E-state index contributed by atoms with van der Waals surface area (Å²) in [4.78, 5) is 49.8. The van der Waals surface area contributed by atoms with Crippen LogP contribution in [0.15, 0.2) is 35.2 Å². The lowest BCUT2D eigenvalue weighted by molar-refractivity contribution is -0.145. The number of amides is 3. The molecule has 0 aromatic heterocycles. The first-order chi connectivity index (χ1) is 17.1. The Hall–Kier alpha value is -3.20. The van der Waals surface area contributed by atoms with Gasteiger partial charge in [0.15, 0.2) is 18.1 Å². The van der Waals surface area contributed by atoms with Crippen LogP contribution >= 0.6 is 34.4 Å². The van der Waals surface area contributed by atoms with E-state index in [2.05, 4.69) is 5.32 Å². The molecule has 0 unspecified atom stereocenters. The van der Waals surface area contributed by atoms with Gasteiger partial charge in [0.2, 0.25) is 5.91 Å². The highest BCUT2D eigenvalue weighted by Crippen LogP contribution is 2.37. The molecule has 9 nitrogen and oxygen atoms in total. The molecule has 0 bridgehead atoms. The Morgan fingerprint density at radius 3 is 2.61 bits per heavy atom. The quantitative estimate of drug-likeness (QED) is 0.249. The molecule has 1 fully saturated rings. The minimum absolute atomic E-state index is 0.0545. The fourth-order valence-electron chi connectivity index (χ4n) is 3.01. The molecule has 3 rings (SSSR count). The van der Waals surface area contributed by atoms with E-state index in [1.807, 2.05) is 22.6 Å². The van der Waals surface area contributed by atoms with Crippen LogP contribution in [0.2, 0.25) is 0 Å². The van der Waals surface area contributed by atoms with Crippen molar-refractivity contribution in [3.05, 3.63) is 56.0 Å². The van der Waals surface area contributed by atoms with Gasteiger partial charge in [0, 0.05) is 6.07 Å². The Morgan fingerprint density at radius 2 is 1.94 bits per heavy atom. The van der Waals surface area contributed by atoms with Gasteiger partial charge in [-0.05, 0) is 77.2 Å². The third kappa shape index (κ3) is 6.72. The average Bonchev–Trinajstić information content (AvgIpc) is 3.07. The fraction of sp³-hybridized carbons (Fsp3) is 0.217. The number of halogens is 3. The van der Waals surface area contributed by atoms with Crippen molar-refractivity contribution in [2.75, 3.05) is 32.2 Å². The van der Waals surface area contributed by atoms with Gasteiger partial charge in [-0.15, -0.1) is 0 Å². The predicted octanol–water partition coefficient (Wildman–Crippen LogP) is 4.19. The van der Waals surface area contributed by atoms with E-state index in [-0.39, 0.29) is 29.6 Å². The summed E-state index contributed by atoms with van der Waals surface area (Å²) < 4.78 is 43.1. The van der Waals surface area contributed by atoms with Crippen LogP contribution in [0.4, 0.5) is 19.3 Å². The van der Waals surface area contributed by atoms with Gasteiger partial charge < -0.3 is 19.5 Å². The third-order valence-electron chi connectivity index (χ3n) is 4.57. The van der Waals surface area contributed by atoms with Crippen LogP contribution in [-0.2, 0) is 19.1 Å². The number of hydrogen-bond acceptors (Lipinski definition) is 8. The second-order valence-corrected chi connectivity index (χ2v) is 9.22. The van der Waals surface area contributed by atoms with Crippen LogP contribution < -0.4 is 14.8 Å². The summed E-state index contributed by atoms with van der Waals surface area (Å²) in [6.45, 7) is 0.925. The summed E-state index contributed by atoms with van der Waals surface area (Å²) in [6, 6.07) is 5.80. The van der Waals surface area contributed by atoms with Crippen molar-refractivity contribution in [2.24, 2.45) is 0 Å². The molecule has 0 saturated carbocycles. The zero-order valence-corrected chi connectivity index (χ0v) is 21.9. The Kier molecular flexibility index (Phi) is 9.25. The number of rotatable bonds is 9. The fourth-order valence-corrected chi connectivity index (χ4v) is 4.63. The van der Waals surface area contributed by atoms with E-state index in [1.165, 1.54) is 13.2 Å². The zero-order chi connectivity index (χ0) is 26.4. The van der Waals surface area contributed by atoms with Gasteiger partial charge in [-0.1, -0.05) is 0 Å². The van der Waals surface area contributed by atoms with E-state index < -0.39 is 41.2 Å². The number of carbonyl (C=O) groups is 4. The van der Waals surface area contributed by atoms with Crippen LogP contribution in [0.25, 0.3) is 6.08 Å². The number of carbonyl (C=O) groups excluding carboxylic acids is 4. The topological polar surface area (TPSA) is 111 Å². The third-order valence-corrected chi connectivity index (χ3v) is 6.28. The lowest BCUT2D eigenvalue weighted by Crippen LogP contribution is -2.36. The van der Waals surface area contributed by atoms with Gasteiger partial charge in [-0.2, -0.15) is 0 Å². The number of nitrogens with zero attached hydrogens (tertiary/aromatic N) is 1. The first-order valence-corrected chi connectivity index (χ1v) is 12.2. The van der Waals surface area contributed by atoms with Crippen LogP contribution in [0, 0.1) is 15.2 Å². The summed E-state index contributed by atoms with van der Waals surface area (Å²) in [5, 5.41) is 1.52. The average molecular weight is 632 g/mol.